The number of aromatic hydroxyl groups is 1. The van der Waals surface area contributed by atoms with Crippen molar-refractivity contribution in [2.75, 3.05) is 0 Å². The molecule has 0 amide bonds. The van der Waals surface area contributed by atoms with Crippen LogP contribution in [-0.4, -0.2) is 20.3 Å². The van der Waals surface area contributed by atoms with Gasteiger partial charge in [-0.05, 0) is 5.56 Å². The lowest BCUT2D eigenvalue weighted by Gasteiger charge is -2.01. The standard InChI is InChI=1S/C17H13N3O/c21-17-16-13(14(18-17)11-7-3-1-4-8-11)15(19-20-16)12-9-5-2-6-10-12/h1-10,18,20-21H. The molecule has 4 aromatic rings. The highest BCUT2D eigenvalue weighted by molar-refractivity contribution is 6.05. The van der Waals surface area contributed by atoms with Crippen LogP contribution in [-0.2, 0) is 0 Å². The van der Waals surface area contributed by atoms with Crippen molar-refractivity contribution >= 4 is 10.9 Å². The largest absolute Gasteiger partial charge is 0.493 e. The van der Waals surface area contributed by atoms with Gasteiger partial charge in [-0.1, -0.05) is 60.7 Å². The number of benzene rings is 2. The molecule has 4 rings (SSSR count). The van der Waals surface area contributed by atoms with Crippen LogP contribution in [0, 0.1) is 0 Å². The molecule has 0 radical (unpaired) electrons. The Kier molecular flexibility index (Phi) is 2.54. The first-order chi connectivity index (χ1) is 10.3. The Bertz CT molecular complexity index is 892. The first kappa shape index (κ1) is 11.8. The van der Waals surface area contributed by atoms with Gasteiger partial charge in [-0.2, -0.15) is 5.10 Å². The van der Waals surface area contributed by atoms with E-state index < -0.39 is 0 Å². The van der Waals surface area contributed by atoms with E-state index in [1.807, 2.05) is 60.7 Å². The molecule has 0 fully saturated rings. The Hall–Kier alpha value is -3.01. The lowest BCUT2D eigenvalue weighted by molar-refractivity contribution is 0.461. The molecule has 0 saturated carbocycles. The Morgan fingerprint density at radius 1 is 0.810 bits per heavy atom. The molecular formula is C17H13N3O. The van der Waals surface area contributed by atoms with Crippen LogP contribution in [0.4, 0.5) is 0 Å². The van der Waals surface area contributed by atoms with Crippen LogP contribution in [0.15, 0.2) is 60.7 Å². The van der Waals surface area contributed by atoms with Gasteiger partial charge in [0.05, 0.1) is 11.1 Å². The molecule has 0 bridgehead atoms. The zero-order valence-electron chi connectivity index (χ0n) is 11.2. The first-order valence-corrected chi connectivity index (χ1v) is 6.74. The van der Waals surface area contributed by atoms with E-state index >= 15 is 0 Å². The van der Waals surface area contributed by atoms with E-state index in [1.165, 1.54) is 0 Å². The van der Waals surface area contributed by atoms with Gasteiger partial charge in [0, 0.05) is 5.56 Å². The molecule has 4 nitrogen and oxygen atoms in total. The van der Waals surface area contributed by atoms with Gasteiger partial charge in [0.15, 0.2) is 0 Å². The second-order valence-corrected chi connectivity index (χ2v) is 4.90. The Morgan fingerprint density at radius 2 is 1.43 bits per heavy atom. The molecular weight excluding hydrogens is 262 g/mol. The molecule has 0 saturated heterocycles. The normalized spacial score (nSPS) is 11.0. The number of hydrogen-bond donors (Lipinski definition) is 3. The molecule has 3 N–H and O–H groups in total. The molecule has 102 valence electrons. The van der Waals surface area contributed by atoms with Crippen molar-refractivity contribution in [2.45, 2.75) is 0 Å². The van der Waals surface area contributed by atoms with E-state index in [-0.39, 0.29) is 5.88 Å². The summed E-state index contributed by atoms with van der Waals surface area (Å²) < 4.78 is 0. The molecule has 0 unspecified atom stereocenters. The summed E-state index contributed by atoms with van der Waals surface area (Å²) >= 11 is 0. The predicted octanol–water partition coefficient (Wildman–Crippen LogP) is 3.93. The Labute approximate surface area is 121 Å². The third-order valence-electron chi connectivity index (χ3n) is 3.61. The van der Waals surface area contributed by atoms with Gasteiger partial charge >= 0.3 is 0 Å². The van der Waals surface area contributed by atoms with Crippen molar-refractivity contribution in [1.29, 1.82) is 0 Å². The fraction of sp³-hybridized carbons (Fsp3) is 0. The van der Waals surface area contributed by atoms with Crippen LogP contribution in [0.3, 0.4) is 0 Å². The molecule has 0 aliphatic heterocycles. The molecule has 0 aliphatic rings. The summed E-state index contributed by atoms with van der Waals surface area (Å²) in [6.07, 6.45) is 0. The van der Waals surface area contributed by atoms with Gasteiger partial charge in [-0.3, -0.25) is 5.10 Å². The number of nitrogens with zero attached hydrogens (tertiary/aromatic N) is 1. The molecule has 2 aromatic heterocycles. The average molecular weight is 275 g/mol. The maximum atomic E-state index is 10.1. The summed E-state index contributed by atoms with van der Waals surface area (Å²) in [6.45, 7) is 0. The van der Waals surface area contributed by atoms with E-state index in [0.29, 0.717) is 5.52 Å². The number of hydrogen-bond acceptors (Lipinski definition) is 2. The van der Waals surface area contributed by atoms with Gasteiger partial charge < -0.3 is 10.1 Å². The van der Waals surface area contributed by atoms with Crippen LogP contribution in [0.25, 0.3) is 33.4 Å². The third kappa shape index (κ3) is 1.80. The molecule has 0 spiro atoms. The van der Waals surface area contributed by atoms with Crippen LogP contribution >= 0.6 is 0 Å². The molecule has 0 atom stereocenters. The fourth-order valence-electron chi connectivity index (χ4n) is 2.63. The van der Waals surface area contributed by atoms with Crippen LogP contribution < -0.4 is 0 Å². The summed E-state index contributed by atoms with van der Waals surface area (Å²) in [5, 5.41) is 18.3. The van der Waals surface area contributed by atoms with Gasteiger partial charge in [0.25, 0.3) is 0 Å². The van der Waals surface area contributed by atoms with Crippen molar-refractivity contribution in [1.82, 2.24) is 15.2 Å². The summed E-state index contributed by atoms with van der Waals surface area (Å²) in [5.74, 6) is 0.110. The van der Waals surface area contributed by atoms with E-state index in [9.17, 15) is 5.11 Å². The summed E-state index contributed by atoms with van der Waals surface area (Å²) in [7, 11) is 0. The van der Waals surface area contributed by atoms with Crippen LogP contribution in [0.2, 0.25) is 0 Å². The van der Waals surface area contributed by atoms with Crippen molar-refractivity contribution in [3.05, 3.63) is 60.7 Å². The first-order valence-electron chi connectivity index (χ1n) is 6.74. The van der Waals surface area contributed by atoms with Crippen molar-refractivity contribution in [3.63, 3.8) is 0 Å². The van der Waals surface area contributed by atoms with Gasteiger partial charge in [-0.15, -0.1) is 0 Å². The number of aromatic nitrogens is 3. The minimum absolute atomic E-state index is 0.110. The lowest BCUT2D eigenvalue weighted by atomic mass is 10.0. The predicted molar refractivity (Wildman–Crippen MR) is 83.0 cm³/mol. The summed E-state index contributed by atoms with van der Waals surface area (Å²) in [4.78, 5) is 3.04. The smallest absolute Gasteiger partial charge is 0.215 e. The van der Waals surface area contributed by atoms with Crippen molar-refractivity contribution in [3.8, 4) is 28.4 Å². The highest BCUT2D eigenvalue weighted by Crippen LogP contribution is 2.38. The second-order valence-electron chi connectivity index (χ2n) is 4.90. The van der Waals surface area contributed by atoms with E-state index in [1.54, 1.807) is 0 Å². The SMILES string of the molecule is Oc1[nH]c(-c2ccccc2)c2c(-c3ccccc3)n[nH]c12. The average Bonchev–Trinajstić information content (AvgIpc) is 3.11. The minimum Gasteiger partial charge on any atom is -0.493 e. The number of H-pyrrole nitrogens is 2. The quantitative estimate of drug-likeness (QED) is 0.519. The minimum atomic E-state index is 0.110. The van der Waals surface area contributed by atoms with Gasteiger partial charge in [0.2, 0.25) is 5.88 Å². The molecule has 2 heterocycles. The van der Waals surface area contributed by atoms with Gasteiger partial charge in [0.1, 0.15) is 11.2 Å². The third-order valence-corrected chi connectivity index (χ3v) is 3.61. The molecule has 2 aromatic carbocycles. The Balaban J connectivity index is 2.03. The maximum absolute atomic E-state index is 10.1. The Morgan fingerprint density at radius 3 is 2.10 bits per heavy atom. The molecule has 4 heteroatoms. The monoisotopic (exact) mass is 275 g/mol. The maximum Gasteiger partial charge on any atom is 0.215 e. The van der Waals surface area contributed by atoms with Crippen LogP contribution in [0.5, 0.6) is 5.88 Å². The van der Waals surface area contributed by atoms with Crippen LogP contribution in [0.1, 0.15) is 0 Å². The summed E-state index contributed by atoms with van der Waals surface area (Å²) in [5.41, 5.74) is 4.37. The van der Waals surface area contributed by atoms with E-state index in [0.717, 1.165) is 27.9 Å². The molecule has 0 aliphatic carbocycles. The zero-order chi connectivity index (χ0) is 14.2. The number of fused-ring (bicyclic) bond motifs is 1. The number of rotatable bonds is 2. The molecule has 21 heavy (non-hydrogen) atoms. The van der Waals surface area contributed by atoms with Crippen molar-refractivity contribution < 1.29 is 5.11 Å². The van der Waals surface area contributed by atoms with Crippen molar-refractivity contribution in [2.24, 2.45) is 0 Å². The topological polar surface area (TPSA) is 64.7 Å². The van der Waals surface area contributed by atoms with Gasteiger partial charge in [-0.25, -0.2) is 0 Å². The number of nitrogens with one attached hydrogen (secondary N) is 2. The number of aromatic amines is 2. The van der Waals surface area contributed by atoms with E-state index in [2.05, 4.69) is 15.2 Å². The second kappa shape index (κ2) is 4.52. The van der Waals surface area contributed by atoms with E-state index in [4.69, 9.17) is 0 Å². The summed E-state index contributed by atoms with van der Waals surface area (Å²) in [6, 6.07) is 19.9. The highest BCUT2D eigenvalue weighted by atomic mass is 16.3. The lowest BCUT2D eigenvalue weighted by Crippen LogP contribution is -1.82. The zero-order valence-corrected chi connectivity index (χ0v) is 11.2. The fourth-order valence-corrected chi connectivity index (χ4v) is 2.63. The highest BCUT2D eigenvalue weighted by Gasteiger charge is 2.18.